The molecule has 1 atom stereocenters. The summed E-state index contributed by atoms with van der Waals surface area (Å²) in [7, 11) is 1.51. The van der Waals surface area contributed by atoms with Gasteiger partial charge in [0.15, 0.2) is 0 Å². The molecule has 31 heavy (non-hydrogen) atoms. The fourth-order valence-electron chi connectivity index (χ4n) is 3.76. The molecule has 4 aromatic rings. The predicted molar refractivity (Wildman–Crippen MR) is 110 cm³/mol. The molecule has 0 N–H and O–H groups in total. The molecular formula is C23H16F3N3O2. The van der Waals surface area contributed by atoms with Crippen molar-refractivity contribution >= 4 is 22.9 Å². The van der Waals surface area contributed by atoms with E-state index in [1.54, 1.807) is 66.7 Å². The number of rotatable bonds is 3. The molecular weight excluding hydrogens is 407 g/mol. The molecule has 0 aliphatic carbocycles. The van der Waals surface area contributed by atoms with Crippen LogP contribution >= 0.6 is 0 Å². The normalized spacial score (nSPS) is 18.3. The molecule has 8 heteroatoms. The van der Waals surface area contributed by atoms with Gasteiger partial charge in [-0.3, -0.25) is 4.57 Å². The molecule has 3 aromatic carbocycles. The molecule has 0 bridgehead atoms. The van der Waals surface area contributed by atoms with Crippen molar-refractivity contribution in [2.75, 3.05) is 7.11 Å². The molecule has 0 amide bonds. The Labute approximate surface area is 175 Å². The van der Waals surface area contributed by atoms with Crippen LogP contribution < -0.4 is 4.74 Å². The van der Waals surface area contributed by atoms with E-state index >= 15 is 0 Å². The zero-order valence-corrected chi connectivity index (χ0v) is 16.3. The van der Waals surface area contributed by atoms with Crippen molar-refractivity contribution in [1.82, 2.24) is 9.55 Å². The highest BCUT2D eigenvalue weighted by molar-refractivity contribution is 5.97. The van der Waals surface area contributed by atoms with Crippen LogP contribution in [0.1, 0.15) is 11.1 Å². The van der Waals surface area contributed by atoms with Crippen LogP contribution in [0.2, 0.25) is 0 Å². The number of hydrogen-bond acceptors (Lipinski definition) is 4. The molecule has 0 spiro atoms. The Morgan fingerprint density at radius 1 is 0.903 bits per heavy atom. The largest absolute Gasteiger partial charge is 0.497 e. The third-order valence-electron chi connectivity index (χ3n) is 5.19. The topological polar surface area (TPSA) is 48.6 Å². The molecule has 0 radical (unpaired) electrons. The van der Waals surface area contributed by atoms with Crippen molar-refractivity contribution in [2.24, 2.45) is 4.99 Å². The first kappa shape index (κ1) is 19.2. The van der Waals surface area contributed by atoms with E-state index in [1.807, 2.05) is 0 Å². The van der Waals surface area contributed by atoms with Gasteiger partial charge in [0.05, 0.1) is 18.1 Å². The molecule has 5 rings (SSSR count). The van der Waals surface area contributed by atoms with Crippen LogP contribution in [0.3, 0.4) is 0 Å². The minimum absolute atomic E-state index is 0.0761. The van der Waals surface area contributed by atoms with Crippen molar-refractivity contribution < 1.29 is 22.6 Å². The van der Waals surface area contributed by atoms with E-state index in [-0.39, 0.29) is 22.9 Å². The molecule has 5 nitrogen and oxygen atoms in total. The van der Waals surface area contributed by atoms with Crippen LogP contribution in [-0.2, 0) is 10.5 Å². The summed E-state index contributed by atoms with van der Waals surface area (Å²) in [5, 5.41) is 0. The van der Waals surface area contributed by atoms with Crippen LogP contribution in [-0.4, -0.2) is 28.7 Å². The zero-order chi connectivity index (χ0) is 21.6. The summed E-state index contributed by atoms with van der Waals surface area (Å²) in [6.45, 7) is 0. The Hall–Kier alpha value is -3.81. The van der Waals surface area contributed by atoms with Crippen molar-refractivity contribution in [3.63, 3.8) is 0 Å². The first-order chi connectivity index (χ1) is 14.9. The average Bonchev–Trinajstić information content (AvgIpc) is 3.17. The Bertz CT molecular complexity index is 1280. The van der Waals surface area contributed by atoms with Crippen molar-refractivity contribution in [3.05, 3.63) is 90.0 Å². The summed E-state index contributed by atoms with van der Waals surface area (Å²) in [5.41, 5.74) is -1.87. The van der Waals surface area contributed by atoms with Gasteiger partial charge in [-0.2, -0.15) is 18.2 Å². The Balaban J connectivity index is 1.83. The van der Waals surface area contributed by atoms with Crippen molar-refractivity contribution in [3.8, 4) is 5.75 Å². The number of methoxy groups -OCH3 is 1. The smallest absolute Gasteiger partial charge is 0.454 e. The van der Waals surface area contributed by atoms with Gasteiger partial charge in [0.1, 0.15) is 5.75 Å². The second kappa shape index (κ2) is 6.87. The molecule has 0 unspecified atom stereocenters. The lowest BCUT2D eigenvalue weighted by Crippen LogP contribution is -2.53. The molecule has 1 aliphatic rings. The highest BCUT2D eigenvalue weighted by Crippen LogP contribution is 2.49. The monoisotopic (exact) mass is 423 g/mol. The number of nitrogens with zero attached hydrogens (tertiary/aromatic N) is 3. The molecule has 156 valence electrons. The van der Waals surface area contributed by atoms with Crippen molar-refractivity contribution in [2.45, 2.75) is 11.9 Å². The highest BCUT2D eigenvalue weighted by atomic mass is 19.4. The number of halogens is 3. The van der Waals surface area contributed by atoms with Gasteiger partial charge < -0.3 is 9.47 Å². The maximum Gasteiger partial charge on any atom is 0.454 e. The summed E-state index contributed by atoms with van der Waals surface area (Å²) in [4.78, 5) is 8.72. The number of aromatic nitrogens is 2. The van der Waals surface area contributed by atoms with E-state index in [1.165, 1.54) is 19.2 Å². The lowest BCUT2D eigenvalue weighted by Gasteiger charge is -2.40. The third-order valence-corrected chi connectivity index (χ3v) is 5.19. The summed E-state index contributed by atoms with van der Waals surface area (Å²) in [5.74, 6) is 0.309. The maximum absolute atomic E-state index is 14.9. The number of hydrogen-bond donors (Lipinski definition) is 0. The van der Waals surface area contributed by atoms with Crippen LogP contribution in [0.15, 0.2) is 83.9 Å². The highest BCUT2D eigenvalue weighted by Gasteiger charge is 2.63. The van der Waals surface area contributed by atoms with E-state index in [0.29, 0.717) is 16.8 Å². The van der Waals surface area contributed by atoms with Gasteiger partial charge in [0.2, 0.25) is 11.8 Å². The van der Waals surface area contributed by atoms with Gasteiger partial charge in [-0.1, -0.05) is 42.5 Å². The quantitative estimate of drug-likeness (QED) is 0.442. The fourth-order valence-corrected chi connectivity index (χ4v) is 3.76. The first-order valence-electron chi connectivity index (χ1n) is 9.46. The lowest BCUT2D eigenvalue weighted by molar-refractivity contribution is -0.271. The summed E-state index contributed by atoms with van der Waals surface area (Å²) >= 11 is 0. The second-order valence-electron chi connectivity index (χ2n) is 6.99. The Morgan fingerprint density at radius 3 is 2.26 bits per heavy atom. The van der Waals surface area contributed by atoms with E-state index in [9.17, 15) is 13.2 Å². The van der Waals surface area contributed by atoms with Gasteiger partial charge in [-0.05, 0) is 36.4 Å². The minimum Gasteiger partial charge on any atom is -0.497 e. The number of benzene rings is 3. The Morgan fingerprint density at radius 2 is 1.58 bits per heavy atom. The second-order valence-corrected chi connectivity index (χ2v) is 6.99. The van der Waals surface area contributed by atoms with Crippen LogP contribution in [0, 0.1) is 0 Å². The molecule has 0 saturated heterocycles. The number of ether oxygens (including phenoxy) is 2. The van der Waals surface area contributed by atoms with Crippen LogP contribution in [0.25, 0.3) is 11.0 Å². The first-order valence-corrected chi connectivity index (χ1v) is 9.46. The molecule has 1 aliphatic heterocycles. The van der Waals surface area contributed by atoms with Gasteiger partial charge in [-0.25, -0.2) is 4.98 Å². The van der Waals surface area contributed by atoms with Gasteiger partial charge >= 0.3 is 11.9 Å². The molecule has 1 aromatic heterocycles. The van der Waals surface area contributed by atoms with E-state index < -0.39 is 11.9 Å². The average molecular weight is 423 g/mol. The summed E-state index contributed by atoms with van der Waals surface area (Å²) < 4.78 is 56.7. The lowest BCUT2D eigenvalue weighted by atomic mass is 10.00. The third kappa shape index (κ3) is 2.86. The Kier molecular flexibility index (Phi) is 4.25. The predicted octanol–water partition coefficient (Wildman–Crippen LogP) is 5.42. The number of imidazole rings is 1. The fraction of sp³-hybridized carbons (Fsp3) is 0.130. The number of aliphatic imine (C=N–C) groups is 1. The SMILES string of the molecule is COc1ccc(C2=Nc3nc4ccccc4n3[C@](c3ccccc3)(C(F)(F)F)O2)cc1. The maximum atomic E-state index is 14.9. The van der Waals surface area contributed by atoms with Gasteiger partial charge in [0.25, 0.3) is 0 Å². The summed E-state index contributed by atoms with van der Waals surface area (Å²) in [6.07, 6.45) is -4.82. The van der Waals surface area contributed by atoms with Gasteiger partial charge in [0, 0.05) is 11.1 Å². The van der Waals surface area contributed by atoms with E-state index in [2.05, 4.69) is 9.98 Å². The number of para-hydroxylation sites is 2. The molecule has 0 fully saturated rings. The molecule has 2 heterocycles. The van der Waals surface area contributed by atoms with Crippen molar-refractivity contribution in [1.29, 1.82) is 0 Å². The molecule has 0 saturated carbocycles. The number of fused-ring (bicyclic) bond motifs is 3. The van der Waals surface area contributed by atoms with E-state index in [0.717, 1.165) is 4.57 Å². The van der Waals surface area contributed by atoms with Gasteiger partial charge in [-0.15, -0.1) is 0 Å². The standard InChI is InChI=1S/C23H16F3N3O2/c1-30-17-13-11-15(12-14-17)20-28-21-27-18-9-5-6-10-19(18)29(21)22(31-20,23(24,25)26)16-7-3-2-4-8-16/h2-14H,1H3/t22-/m0/s1. The summed E-state index contributed by atoms with van der Waals surface area (Å²) in [6, 6.07) is 20.6. The minimum atomic E-state index is -4.82. The van der Waals surface area contributed by atoms with Crippen LogP contribution in [0.4, 0.5) is 19.1 Å². The van der Waals surface area contributed by atoms with E-state index in [4.69, 9.17) is 9.47 Å². The number of alkyl halides is 3. The van der Waals surface area contributed by atoms with Crippen LogP contribution in [0.5, 0.6) is 5.75 Å². The zero-order valence-electron chi connectivity index (χ0n) is 16.3.